The fourth-order valence-corrected chi connectivity index (χ4v) is 2.79. The molecule has 0 aromatic rings. The minimum Gasteiger partial charge on any atom is -0.361 e. The zero-order chi connectivity index (χ0) is 13.5. The lowest BCUT2D eigenvalue weighted by atomic mass is 10.1. The third-order valence-electron chi connectivity index (χ3n) is 3.13. The van der Waals surface area contributed by atoms with E-state index in [-0.39, 0.29) is 11.9 Å². The van der Waals surface area contributed by atoms with Crippen molar-refractivity contribution >= 4 is 22.8 Å². The third-order valence-corrected chi connectivity index (χ3v) is 4.17. The molecule has 2 atom stereocenters. The number of thioether (sulfide) groups is 1. The van der Waals surface area contributed by atoms with Crippen LogP contribution in [0.3, 0.4) is 0 Å². The summed E-state index contributed by atoms with van der Waals surface area (Å²) in [5.74, 6) is 1.80. The number of carbonyl (C=O) groups excluding carboxylic acids is 1. The molecule has 5 heteroatoms. The summed E-state index contributed by atoms with van der Waals surface area (Å²) in [6.45, 7) is 9.08. The molecule has 0 bridgehead atoms. The third kappa shape index (κ3) is 5.29. The largest absolute Gasteiger partial charge is 0.361 e. The SMILES string of the molecule is CCC(C)NC(=O)CCN=C1NC(C(C)C)CS1. The van der Waals surface area contributed by atoms with Crippen LogP contribution < -0.4 is 10.6 Å². The Hall–Kier alpha value is -0.710. The normalized spacial score (nSPS) is 23.2. The van der Waals surface area contributed by atoms with E-state index < -0.39 is 0 Å². The molecule has 1 rings (SSSR count). The number of amides is 1. The Morgan fingerprint density at radius 2 is 2.28 bits per heavy atom. The predicted molar refractivity (Wildman–Crippen MR) is 79.0 cm³/mol. The number of hydrogen-bond donors (Lipinski definition) is 2. The van der Waals surface area contributed by atoms with Gasteiger partial charge in [0.25, 0.3) is 0 Å². The van der Waals surface area contributed by atoms with Gasteiger partial charge in [-0.3, -0.25) is 9.79 Å². The van der Waals surface area contributed by atoms with Crippen LogP contribution in [-0.4, -0.2) is 35.5 Å². The number of nitrogens with zero attached hydrogens (tertiary/aromatic N) is 1. The smallest absolute Gasteiger partial charge is 0.222 e. The van der Waals surface area contributed by atoms with Crippen molar-refractivity contribution in [2.45, 2.75) is 52.6 Å². The van der Waals surface area contributed by atoms with Crippen molar-refractivity contribution in [2.75, 3.05) is 12.3 Å². The fourth-order valence-electron chi connectivity index (χ4n) is 1.57. The van der Waals surface area contributed by atoms with Gasteiger partial charge in [-0.15, -0.1) is 0 Å². The van der Waals surface area contributed by atoms with Gasteiger partial charge >= 0.3 is 0 Å². The first-order valence-electron chi connectivity index (χ1n) is 6.76. The highest BCUT2D eigenvalue weighted by atomic mass is 32.2. The molecule has 0 spiro atoms. The van der Waals surface area contributed by atoms with Crippen molar-refractivity contribution < 1.29 is 4.79 Å². The van der Waals surface area contributed by atoms with Crippen LogP contribution >= 0.6 is 11.8 Å². The maximum atomic E-state index is 11.6. The lowest BCUT2D eigenvalue weighted by Gasteiger charge is -2.13. The lowest BCUT2D eigenvalue weighted by molar-refractivity contribution is -0.121. The lowest BCUT2D eigenvalue weighted by Crippen LogP contribution is -2.33. The van der Waals surface area contributed by atoms with Crippen LogP contribution in [0.5, 0.6) is 0 Å². The average Bonchev–Trinajstić information content (AvgIpc) is 2.77. The van der Waals surface area contributed by atoms with Crippen molar-refractivity contribution in [3.8, 4) is 0 Å². The first kappa shape index (κ1) is 15.3. The number of aliphatic imine (C=N–C) groups is 1. The molecule has 1 aliphatic rings. The second kappa shape index (κ2) is 7.67. The maximum Gasteiger partial charge on any atom is 0.222 e. The van der Waals surface area contributed by atoms with Gasteiger partial charge in [0.05, 0.1) is 6.54 Å². The van der Waals surface area contributed by atoms with E-state index in [0.717, 1.165) is 17.3 Å². The van der Waals surface area contributed by atoms with Crippen molar-refractivity contribution in [3.05, 3.63) is 0 Å². The highest BCUT2D eigenvalue weighted by Gasteiger charge is 2.22. The topological polar surface area (TPSA) is 53.5 Å². The van der Waals surface area contributed by atoms with Gasteiger partial charge in [0, 0.05) is 24.3 Å². The summed E-state index contributed by atoms with van der Waals surface area (Å²) >= 11 is 1.76. The first-order valence-corrected chi connectivity index (χ1v) is 7.74. The monoisotopic (exact) mass is 271 g/mol. The van der Waals surface area contributed by atoms with Crippen LogP contribution in [0.25, 0.3) is 0 Å². The molecule has 2 unspecified atom stereocenters. The van der Waals surface area contributed by atoms with Gasteiger partial charge in [0.1, 0.15) is 0 Å². The van der Waals surface area contributed by atoms with Crippen LogP contribution in [0.2, 0.25) is 0 Å². The van der Waals surface area contributed by atoms with Gasteiger partial charge in [-0.2, -0.15) is 0 Å². The molecule has 2 N–H and O–H groups in total. The van der Waals surface area contributed by atoms with Crippen LogP contribution in [0.4, 0.5) is 0 Å². The van der Waals surface area contributed by atoms with Crippen molar-refractivity contribution in [2.24, 2.45) is 10.9 Å². The molecule has 1 fully saturated rings. The van der Waals surface area contributed by atoms with E-state index in [2.05, 4.69) is 36.4 Å². The Bertz CT molecular complexity index is 305. The zero-order valence-corrected chi connectivity index (χ0v) is 12.6. The number of carbonyl (C=O) groups is 1. The summed E-state index contributed by atoms with van der Waals surface area (Å²) < 4.78 is 0. The van der Waals surface area contributed by atoms with Crippen molar-refractivity contribution in [1.82, 2.24) is 10.6 Å². The highest BCUT2D eigenvalue weighted by Crippen LogP contribution is 2.18. The molecule has 18 heavy (non-hydrogen) atoms. The van der Waals surface area contributed by atoms with E-state index >= 15 is 0 Å². The van der Waals surface area contributed by atoms with Crippen LogP contribution in [0.1, 0.15) is 40.5 Å². The molecule has 0 aromatic carbocycles. The van der Waals surface area contributed by atoms with Crippen LogP contribution in [-0.2, 0) is 4.79 Å². The molecule has 1 heterocycles. The molecule has 1 saturated heterocycles. The van der Waals surface area contributed by atoms with Gasteiger partial charge in [-0.25, -0.2) is 0 Å². The predicted octanol–water partition coefficient (Wildman–Crippen LogP) is 2.01. The molecule has 0 radical (unpaired) electrons. The van der Waals surface area contributed by atoms with Gasteiger partial charge < -0.3 is 10.6 Å². The van der Waals surface area contributed by atoms with E-state index in [0.29, 0.717) is 24.9 Å². The maximum absolute atomic E-state index is 11.6. The van der Waals surface area contributed by atoms with Crippen LogP contribution in [0.15, 0.2) is 4.99 Å². The molecule has 4 nitrogen and oxygen atoms in total. The van der Waals surface area contributed by atoms with E-state index in [1.54, 1.807) is 11.8 Å². The van der Waals surface area contributed by atoms with Gasteiger partial charge in [-0.1, -0.05) is 32.5 Å². The summed E-state index contributed by atoms with van der Waals surface area (Å²) in [5, 5.41) is 7.33. The van der Waals surface area contributed by atoms with Gasteiger partial charge in [0.2, 0.25) is 5.91 Å². The number of nitrogens with one attached hydrogen (secondary N) is 2. The average molecular weight is 271 g/mol. The molecule has 1 amide bonds. The summed E-state index contributed by atoms with van der Waals surface area (Å²) in [4.78, 5) is 16.0. The Balaban J connectivity index is 2.23. The number of rotatable bonds is 6. The molecule has 0 aromatic heterocycles. The number of amidine groups is 1. The highest BCUT2D eigenvalue weighted by molar-refractivity contribution is 8.14. The second-order valence-corrected chi connectivity index (χ2v) is 6.13. The zero-order valence-electron chi connectivity index (χ0n) is 11.8. The molecule has 0 aliphatic carbocycles. The fraction of sp³-hybridized carbons (Fsp3) is 0.846. The molecular weight excluding hydrogens is 246 g/mol. The summed E-state index contributed by atoms with van der Waals surface area (Å²) in [6, 6.07) is 0.775. The standard InChI is InChI=1S/C13H25N3OS/c1-5-10(4)15-12(17)6-7-14-13-16-11(8-18-13)9(2)3/h9-11H,5-8H2,1-4H3,(H,14,16)(H,15,17). The first-order chi connectivity index (χ1) is 8.52. The Morgan fingerprint density at radius 3 is 2.83 bits per heavy atom. The number of hydrogen-bond acceptors (Lipinski definition) is 3. The second-order valence-electron chi connectivity index (χ2n) is 5.12. The van der Waals surface area contributed by atoms with Gasteiger partial charge in [0.15, 0.2) is 5.17 Å². The summed E-state index contributed by atoms with van der Waals surface area (Å²) in [6.07, 6.45) is 1.44. The quantitative estimate of drug-likeness (QED) is 0.777. The Kier molecular flexibility index (Phi) is 6.54. The summed E-state index contributed by atoms with van der Waals surface area (Å²) in [7, 11) is 0. The van der Waals surface area contributed by atoms with Gasteiger partial charge in [-0.05, 0) is 19.3 Å². The Labute approximate surface area is 114 Å². The molecule has 104 valence electrons. The Morgan fingerprint density at radius 1 is 1.56 bits per heavy atom. The van der Waals surface area contributed by atoms with E-state index in [1.165, 1.54) is 0 Å². The minimum atomic E-state index is 0.0945. The van der Waals surface area contributed by atoms with Crippen molar-refractivity contribution in [1.29, 1.82) is 0 Å². The summed E-state index contributed by atoms with van der Waals surface area (Å²) in [5.41, 5.74) is 0. The van der Waals surface area contributed by atoms with E-state index in [1.807, 2.05) is 6.92 Å². The molecule has 0 saturated carbocycles. The van der Waals surface area contributed by atoms with Crippen LogP contribution in [0, 0.1) is 5.92 Å². The van der Waals surface area contributed by atoms with Crippen molar-refractivity contribution in [3.63, 3.8) is 0 Å². The molecule has 1 aliphatic heterocycles. The van der Waals surface area contributed by atoms with E-state index in [9.17, 15) is 4.79 Å². The molecular formula is C13H25N3OS. The minimum absolute atomic E-state index is 0.0945. The van der Waals surface area contributed by atoms with E-state index in [4.69, 9.17) is 0 Å².